The molecule has 1 saturated carbocycles. The predicted molar refractivity (Wildman–Crippen MR) is 122 cm³/mol. The maximum absolute atomic E-state index is 13.5. The van der Waals surface area contributed by atoms with Crippen molar-refractivity contribution in [3.05, 3.63) is 70.5 Å². The Morgan fingerprint density at radius 3 is 2.56 bits per heavy atom. The van der Waals surface area contributed by atoms with Crippen LogP contribution in [0.15, 0.2) is 47.6 Å². The van der Waals surface area contributed by atoms with E-state index in [9.17, 15) is 23.1 Å². The third-order valence-electron chi connectivity index (χ3n) is 7.10. The molecular weight excluding hydrogens is 465 g/mol. The number of aromatic nitrogens is 3. The fraction of sp³-hybridized carbons (Fsp3) is 0.375. The second-order valence-corrected chi connectivity index (χ2v) is 9.56. The lowest BCUT2D eigenvalue weighted by atomic mass is 9.57. The number of hydrogen-bond donors (Lipinski definition) is 2. The number of fused-ring (bicyclic) bond motifs is 1. The normalized spacial score (nSPS) is 22.1. The molecule has 10 heteroatoms. The minimum atomic E-state index is -4.53. The van der Waals surface area contributed by atoms with Gasteiger partial charge in [0.05, 0.1) is 12.1 Å². The molecule has 6 nitrogen and oxygen atoms in total. The molecule has 1 amide bonds. The number of halogens is 3. The molecule has 178 valence electrons. The van der Waals surface area contributed by atoms with E-state index in [4.69, 9.17) is 0 Å². The number of rotatable bonds is 5. The zero-order valence-corrected chi connectivity index (χ0v) is 19.3. The maximum atomic E-state index is 13.5. The Morgan fingerprint density at radius 2 is 1.91 bits per heavy atom. The van der Waals surface area contributed by atoms with Crippen LogP contribution in [0.1, 0.15) is 45.7 Å². The molecule has 5 rings (SSSR count). The molecule has 0 unspecified atom stereocenters. The van der Waals surface area contributed by atoms with Crippen molar-refractivity contribution in [1.29, 1.82) is 0 Å². The van der Waals surface area contributed by atoms with Crippen molar-refractivity contribution in [2.75, 3.05) is 11.5 Å². The molecule has 0 atom stereocenters. The topological polar surface area (TPSA) is 71.2 Å². The van der Waals surface area contributed by atoms with Crippen LogP contribution in [-0.2, 0) is 31.6 Å². The van der Waals surface area contributed by atoms with Crippen LogP contribution < -0.4 is 4.90 Å². The number of hydrogen-bond acceptors (Lipinski definition) is 5. The quantitative estimate of drug-likeness (QED) is 0.529. The van der Waals surface area contributed by atoms with Gasteiger partial charge in [-0.25, -0.2) is 0 Å². The van der Waals surface area contributed by atoms with Gasteiger partial charge in [-0.1, -0.05) is 18.2 Å². The van der Waals surface area contributed by atoms with Crippen LogP contribution in [0.5, 0.6) is 0 Å². The Labute approximate surface area is 199 Å². The SMILES string of the molecule is Cn1c(S)nnc1CC1(c2cccc(N3Cc4c(cccc4C(F)(F)F)C3=O)c2)CC(CO)C1. The van der Waals surface area contributed by atoms with Gasteiger partial charge in [-0.15, -0.1) is 22.8 Å². The summed E-state index contributed by atoms with van der Waals surface area (Å²) in [5.74, 6) is 0.466. The monoisotopic (exact) mass is 488 g/mol. The molecule has 2 aromatic carbocycles. The molecule has 1 N–H and O–H groups in total. The Hall–Kier alpha value is -2.85. The van der Waals surface area contributed by atoms with Crippen molar-refractivity contribution < 1.29 is 23.1 Å². The molecule has 0 bridgehead atoms. The summed E-state index contributed by atoms with van der Waals surface area (Å²) in [7, 11) is 1.84. The fourth-order valence-corrected chi connectivity index (χ4v) is 5.44. The van der Waals surface area contributed by atoms with E-state index in [1.807, 2.05) is 25.2 Å². The number of carbonyl (C=O) groups is 1. The first-order valence-corrected chi connectivity index (χ1v) is 11.4. The number of amides is 1. The minimum absolute atomic E-state index is 0.00417. The number of thiol groups is 1. The molecule has 0 radical (unpaired) electrons. The highest BCUT2D eigenvalue weighted by molar-refractivity contribution is 7.80. The van der Waals surface area contributed by atoms with Crippen molar-refractivity contribution in [1.82, 2.24) is 14.8 Å². The number of carbonyl (C=O) groups excluding carboxylic acids is 1. The minimum Gasteiger partial charge on any atom is -0.396 e. The molecule has 0 saturated heterocycles. The average Bonchev–Trinajstić information content (AvgIpc) is 3.29. The third-order valence-corrected chi connectivity index (χ3v) is 7.49. The average molecular weight is 489 g/mol. The van der Waals surface area contributed by atoms with E-state index in [0.717, 1.165) is 30.3 Å². The fourth-order valence-electron chi connectivity index (χ4n) is 5.28. The lowest BCUT2D eigenvalue weighted by Crippen LogP contribution is -2.45. The van der Waals surface area contributed by atoms with E-state index in [1.54, 1.807) is 10.6 Å². The second-order valence-electron chi connectivity index (χ2n) is 9.16. The molecule has 0 spiro atoms. The first-order valence-electron chi connectivity index (χ1n) is 10.9. The summed E-state index contributed by atoms with van der Waals surface area (Å²) in [6.07, 6.45) is -2.49. The standard InChI is InChI=1S/C24H23F3N4O2S/c1-30-20(28-29-22(30)34)11-23(9-14(10-23)13-32)15-4-2-5-16(8-15)31-12-18-17(21(31)33)6-3-7-19(18)24(25,26)27/h2-8,14,32H,9-13H2,1H3,(H,29,34). The van der Waals surface area contributed by atoms with Gasteiger partial charge in [-0.2, -0.15) is 13.2 Å². The molecule has 1 aliphatic heterocycles. The lowest BCUT2D eigenvalue weighted by Gasteiger charge is -2.48. The summed E-state index contributed by atoms with van der Waals surface area (Å²) >= 11 is 4.30. The lowest BCUT2D eigenvalue weighted by molar-refractivity contribution is -0.138. The van der Waals surface area contributed by atoms with E-state index in [-0.39, 0.29) is 35.6 Å². The van der Waals surface area contributed by atoms with Crippen LogP contribution in [0.3, 0.4) is 0 Å². The number of benzene rings is 2. The number of aliphatic hydroxyl groups is 1. The maximum Gasteiger partial charge on any atom is 0.416 e. The third kappa shape index (κ3) is 3.69. The van der Waals surface area contributed by atoms with Gasteiger partial charge in [0.1, 0.15) is 5.82 Å². The van der Waals surface area contributed by atoms with Gasteiger partial charge in [0, 0.05) is 36.7 Å². The van der Waals surface area contributed by atoms with Crippen LogP contribution >= 0.6 is 12.6 Å². The van der Waals surface area contributed by atoms with Gasteiger partial charge in [-0.05, 0) is 54.2 Å². The van der Waals surface area contributed by atoms with Crippen molar-refractivity contribution in [3.63, 3.8) is 0 Å². The molecule has 1 fully saturated rings. The Balaban J connectivity index is 1.49. The Bertz CT molecular complexity index is 1270. The van der Waals surface area contributed by atoms with Gasteiger partial charge in [0.15, 0.2) is 5.16 Å². The molecule has 1 aromatic heterocycles. The van der Waals surface area contributed by atoms with Crippen LogP contribution in [-0.4, -0.2) is 32.4 Å². The van der Waals surface area contributed by atoms with Crippen LogP contribution in [0.4, 0.5) is 18.9 Å². The summed E-state index contributed by atoms with van der Waals surface area (Å²) in [6, 6.07) is 11.1. The Kier molecular flexibility index (Phi) is 5.48. The summed E-state index contributed by atoms with van der Waals surface area (Å²) in [6.45, 7) is -0.0515. The van der Waals surface area contributed by atoms with Crippen LogP contribution in [0.25, 0.3) is 0 Å². The van der Waals surface area contributed by atoms with Gasteiger partial charge >= 0.3 is 6.18 Å². The summed E-state index contributed by atoms with van der Waals surface area (Å²) in [5, 5.41) is 18.4. The van der Waals surface area contributed by atoms with Gasteiger partial charge in [-0.3, -0.25) is 4.79 Å². The molecule has 2 heterocycles. The molecule has 1 aliphatic carbocycles. The highest BCUT2D eigenvalue weighted by Gasteiger charge is 2.46. The summed E-state index contributed by atoms with van der Waals surface area (Å²) in [4.78, 5) is 14.4. The highest BCUT2D eigenvalue weighted by Crippen LogP contribution is 2.50. The Morgan fingerprint density at radius 1 is 1.18 bits per heavy atom. The predicted octanol–water partition coefficient (Wildman–Crippen LogP) is 4.17. The highest BCUT2D eigenvalue weighted by atomic mass is 32.1. The summed E-state index contributed by atoms with van der Waals surface area (Å²) < 4.78 is 42.4. The molecule has 3 aromatic rings. The molecule has 34 heavy (non-hydrogen) atoms. The van der Waals surface area contributed by atoms with Crippen LogP contribution in [0, 0.1) is 5.92 Å². The van der Waals surface area contributed by atoms with E-state index < -0.39 is 17.6 Å². The van der Waals surface area contributed by atoms with Gasteiger partial charge in [0.2, 0.25) is 0 Å². The zero-order valence-electron chi connectivity index (χ0n) is 18.4. The number of anilines is 1. The van der Waals surface area contributed by atoms with Crippen molar-refractivity contribution >= 4 is 24.2 Å². The largest absolute Gasteiger partial charge is 0.416 e. The smallest absolute Gasteiger partial charge is 0.396 e. The van der Waals surface area contributed by atoms with Gasteiger partial charge in [0.25, 0.3) is 5.91 Å². The zero-order chi connectivity index (χ0) is 24.3. The number of aliphatic hydroxyl groups excluding tert-OH is 1. The second kappa shape index (κ2) is 8.13. The number of alkyl halides is 3. The van der Waals surface area contributed by atoms with E-state index in [0.29, 0.717) is 17.3 Å². The summed E-state index contributed by atoms with van der Waals surface area (Å²) in [5.41, 5.74) is 0.494. The first kappa shape index (κ1) is 22.9. The molecule has 2 aliphatic rings. The first-order chi connectivity index (χ1) is 16.1. The van der Waals surface area contributed by atoms with E-state index in [1.165, 1.54) is 17.0 Å². The van der Waals surface area contributed by atoms with E-state index >= 15 is 0 Å². The van der Waals surface area contributed by atoms with Gasteiger partial charge < -0.3 is 14.6 Å². The number of nitrogens with zero attached hydrogens (tertiary/aromatic N) is 4. The van der Waals surface area contributed by atoms with Crippen molar-refractivity contribution in [2.24, 2.45) is 13.0 Å². The van der Waals surface area contributed by atoms with E-state index in [2.05, 4.69) is 22.8 Å². The molecular formula is C24H23F3N4O2S. The van der Waals surface area contributed by atoms with Crippen molar-refractivity contribution in [2.45, 2.75) is 42.6 Å². The van der Waals surface area contributed by atoms with Crippen LogP contribution in [0.2, 0.25) is 0 Å². The van der Waals surface area contributed by atoms with Crippen molar-refractivity contribution in [3.8, 4) is 0 Å².